The highest BCUT2D eigenvalue weighted by Gasteiger charge is 2.14. The highest BCUT2D eigenvalue weighted by molar-refractivity contribution is 5.45. The van der Waals surface area contributed by atoms with Crippen molar-refractivity contribution in [3.05, 3.63) is 47.8 Å². The van der Waals surface area contributed by atoms with Gasteiger partial charge in [0.1, 0.15) is 18.0 Å². The summed E-state index contributed by atoms with van der Waals surface area (Å²) in [5.74, 6) is 1.70. The lowest BCUT2D eigenvalue weighted by atomic mass is 10.00. The number of anilines is 2. The molecular weight excluding hydrogens is 262 g/mol. The fourth-order valence-corrected chi connectivity index (χ4v) is 2.68. The Hall–Kier alpha value is -2.14. The maximum Gasteiger partial charge on any atom is 0.131 e. The Kier molecular flexibility index (Phi) is 4.31. The maximum absolute atomic E-state index is 4.23. The van der Waals surface area contributed by atoms with E-state index < -0.39 is 0 Å². The normalized spacial score (nSPS) is 14.5. The minimum Gasteiger partial charge on any atom is -0.373 e. The molecule has 1 aliphatic heterocycles. The lowest BCUT2D eigenvalue weighted by Gasteiger charge is -2.28. The van der Waals surface area contributed by atoms with Crippen LogP contribution in [-0.4, -0.2) is 41.5 Å². The Balaban J connectivity index is 1.50. The molecule has 0 bridgehead atoms. The number of hydrogen-bond donors (Lipinski definition) is 2. The summed E-state index contributed by atoms with van der Waals surface area (Å²) in [6, 6.07) is 10.7. The Morgan fingerprint density at radius 1 is 1.14 bits per heavy atom. The average molecular weight is 283 g/mol. The second kappa shape index (κ2) is 6.54. The molecule has 0 aliphatic carbocycles. The van der Waals surface area contributed by atoms with Gasteiger partial charge in [0, 0.05) is 39.3 Å². The van der Waals surface area contributed by atoms with Gasteiger partial charge in [-0.05, 0) is 17.5 Å². The molecular formula is C16H21N5. The van der Waals surface area contributed by atoms with Gasteiger partial charge in [-0.2, -0.15) is 0 Å². The van der Waals surface area contributed by atoms with Crippen LogP contribution >= 0.6 is 0 Å². The molecule has 2 heterocycles. The smallest absolute Gasteiger partial charge is 0.131 e. The van der Waals surface area contributed by atoms with Crippen molar-refractivity contribution < 1.29 is 0 Å². The zero-order valence-corrected chi connectivity index (χ0v) is 12.3. The minimum absolute atomic E-state index is 0.833. The molecule has 0 saturated carbocycles. The average Bonchev–Trinajstić information content (AvgIpc) is 2.55. The van der Waals surface area contributed by atoms with E-state index in [2.05, 4.69) is 49.8 Å². The zero-order valence-electron chi connectivity index (χ0n) is 12.3. The van der Waals surface area contributed by atoms with E-state index in [1.807, 2.05) is 13.1 Å². The monoisotopic (exact) mass is 283 g/mol. The molecule has 1 aliphatic rings. The van der Waals surface area contributed by atoms with Gasteiger partial charge in [0.15, 0.2) is 0 Å². The van der Waals surface area contributed by atoms with Crippen LogP contribution < -0.4 is 10.6 Å². The van der Waals surface area contributed by atoms with Crippen LogP contribution in [0.2, 0.25) is 0 Å². The van der Waals surface area contributed by atoms with Crippen molar-refractivity contribution in [3.63, 3.8) is 0 Å². The van der Waals surface area contributed by atoms with Gasteiger partial charge >= 0.3 is 0 Å². The molecule has 0 radical (unpaired) electrons. The molecule has 0 amide bonds. The quantitative estimate of drug-likeness (QED) is 0.879. The van der Waals surface area contributed by atoms with Crippen LogP contribution in [0.25, 0.3) is 0 Å². The number of nitrogens with one attached hydrogen (secondary N) is 2. The highest BCUT2D eigenvalue weighted by Crippen LogP contribution is 2.18. The molecule has 0 atom stereocenters. The van der Waals surface area contributed by atoms with E-state index in [-0.39, 0.29) is 0 Å². The molecule has 0 fully saturated rings. The summed E-state index contributed by atoms with van der Waals surface area (Å²) >= 11 is 0. The van der Waals surface area contributed by atoms with Crippen molar-refractivity contribution in [2.45, 2.75) is 13.0 Å². The third-order valence-corrected chi connectivity index (χ3v) is 3.87. The Labute approximate surface area is 125 Å². The fourth-order valence-electron chi connectivity index (χ4n) is 2.68. The molecule has 5 heteroatoms. The standard InChI is InChI=1S/C16H21N5/c1-17-15-10-16(20-12-19-15)18-7-9-21-8-6-13-4-2-3-5-14(13)11-21/h2-5,10,12H,6-9,11H2,1H3,(H2,17,18,19,20). The topological polar surface area (TPSA) is 53.1 Å². The van der Waals surface area contributed by atoms with Crippen LogP contribution in [-0.2, 0) is 13.0 Å². The van der Waals surface area contributed by atoms with Gasteiger partial charge in [-0.3, -0.25) is 4.90 Å². The lowest BCUT2D eigenvalue weighted by Crippen LogP contribution is -2.34. The van der Waals surface area contributed by atoms with E-state index in [0.717, 1.165) is 44.2 Å². The lowest BCUT2D eigenvalue weighted by molar-refractivity contribution is 0.264. The third-order valence-electron chi connectivity index (χ3n) is 3.87. The van der Waals surface area contributed by atoms with Gasteiger partial charge < -0.3 is 10.6 Å². The number of benzene rings is 1. The van der Waals surface area contributed by atoms with Gasteiger partial charge in [0.25, 0.3) is 0 Å². The number of nitrogens with zero attached hydrogens (tertiary/aromatic N) is 3. The summed E-state index contributed by atoms with van der Waals surface area (Å²) in [6.07, 6.45) is 2.72. The Morgan fingerprint density at radius 3 is 2.81 bits per heavy atom. The molecule has 2 aromatic rings. The van der Waals surface area contributed by atoms with Crippen molar-refractivity contribution in [1.29, 1.82) is 0 Å². The molecule has 5 nitrogen and oxygen atoms in total. The van der Waals surface area contributed by atoms with Crippen LogP contribution in [0.3, 0.4) is 0 Å². The van der Waals surface area contributed by atoms with Crippen LogP contribution in [0.4, 0.5) is 11.6 Å². The molecule has 2 N–H and O–H groups in total. The van der Waals surface area contributed by atoms with Crippen molar-refractivity contribution in [3.8, 4) is 0 Å². The maximum atomic E-state index is 4.23. The van der Waals surface area contributed by atoms with Crippen molar-refractivity contribution in [2.75, 3.05) is 37.3 Å². The van der Waals surface area contributed by atoms with Crippen molar-refractivity contribution in [1.82, 2.24) is 14.9 Å². The Bertz CT molecular complexity index is 599. The van der Waals surface area contributed by atoms with Gasteiger partial charge in [-0.15, -0.1) is 0 Å². The second-order valence-electron chi connectivity index (χ2n) is 5.26. The number of fused-ring (bicyclic) bond motifs is 1. The fraction of sp³-hybridized carbons (Fsp3) is 0.375. The van der Waals surface area contributed by atoms with Gasteiger partial charge in [-0.25, -0.2) is 9.97 Å². The van der Waals surface area contributed by atoms with E-state index in [0.29, 0.717) is 0 Å². The van der Waals surface area contributed by atoms with Crippen LogP contribution in [0.1, 0.15) is 11.1 Å². The molecule has 1 aromatic heterocycles. The van der Waals surface area contributed by atoms with E-state index in [4.69, 9.17) is 0 Å². The predicted octanol–water partition coefficient (Wildman–Crippen LogP) is 1.99. The predicted molar refractivity (Wildman–Crippen MR) is 85.5 cm³/mol. The molecule has 3 rings (SSSR count). The van der Waals surface area contributed by atoms with Crippen molar-refractivity contribution in [2.24, 2.45) is 0 Å². The minimum atomic E-state index is 0.833. The second-order valence-corrected chi connectivity index (χ2v) is 5.26. The first-order valence-corrected chi connectivity index (χ1v) is 7.38. The summed E-state index contributed by atoms with van der Waals surface area (Å²) in [5.41, 5.74) is 2.96. The molecule has 0 unspecified atom stereocenters. The van der Waals surface area contributed by atoms with E-state index in [9.17, 15) is 0 Å². The van der Waals surface area contributed by atoms with Crippen molar-refractivity contribution >= 4 is 11.6 Å². The molecule has 21 heavy (non-hydrogen) atoms. The summed E-state index contributed by atoms with van der Waals surface area (Å²) in [4.78, 5) is 10.8. The summed E-state index contributed by atoms with van der Waals surface area (Å²) in [5, 5.41) is 6.37. The SMILES string of the molecule is CNc1cc(NCCN2CCc3ccccc3C2)ncn1. The molecule has 0 saturated heterocycles. The van der Waals surface area contributed by atoms with Crippen LogP contribution in [0, 0.1) is 0 Å². The van der Waals surface area contributed by atoms with E-state index >= 15 is 0 Å². The van der Waals surface area contributed by atoms with E-state index in [1.54, 1.807) is 6.33 Å². The molecule has 0 spiro atoms. The number of aromatic nitrogens is 2. The zero-order chi connectivity index (χ0) is 14.5. The Morgan fingerprint density at radius 2 is 1.95 bits per heavy atom. The van der Waals surface area contributed by atoms with Gasteiger partial charge in [0.2, 0.25) is 0 Å². The first kappa shape index (κ1) is 13.8. The van der Waals surface area contributed by atoms with E-state index in [1.165, 1.54) is 11.1 Å². The highest BCUT2D eigenvalue weighted by atomic mass is 15.2. The summed E-state index contributed by atoms with van der Waals surface area (Å²) in [6.45, 7) is 4.09. The number of hydrogen-bond acceptors (Lipinski definition) is 5. The first-order chi connectivity index (χ1) is 10.3. The summed E-state index contributed by atoms with van der Waals surface area (Å²) in [7, 11) is 1.86. The third kappa shape index (κ3) is 3.49. The first-order valence-electron chi connectivity index (χ1n) is 7.38. The van der Waals surface area contributed by atoms with Gasteiger partial charge in [-0.1, -0.05) is 24.3 Å². The van der Waals surface area contributed by atoms with Crippen LogP contribution in [0.5, 0.6) is 0 Å². The largest absolute Gasteiger partial charge is 0.373 e. The van der Waals surface area contributed by atoms with Gasteiger partial charge in [0.05, 0.1) is 0 Å². The molecule has 110 valence electrons. The van der Waals surface area contributed by atoms with Crippen LogP contribution in [0.15, 0.2) is 36.7 Å². The number of rotatable bonds is 5. The molecule has 1 aromatic carbocycles. The summed E-state index contributed by atoms with van der Waals surface area (Å²) < 4.78 is 0.